The molecule has 3 rings (SSSR count). The van der Waals surface area contributed by atoms with Crippen LogP contribution in [0.2, 0.25) is 0 Å². The Kier molecular flexibility index (Phi) is 7.63. The molecule has 1 aromatic carbocycles. The first-order chi connectivity index (χ1) is 12.9. The summed E-state index contributed by atoms with van der Waals surface area (Å²) in [5.74, 6) is -0.547. The molecule has 0 fully saturated rings. The summed E-state index contributed by atoms with van der Waals surface area (Å²) in [6.45, 7) is 10.9. The number of aryl methyl sites for hydroxylation is 2. The molecule has 1 amide bonds. The van der Waals surface area contributed by atoms with Crippen LogP contribution in [0.1, 0.15) is 56.1 Å². The first-order valence-corrected chi connectivity index (χ1v) is 10.2. The van der Waals surface area contributed by atoms with Gasteiger partial charge >= 0.3 is 5.97 Å². The monoisotopic (exact) mass is 422 g/mol. The van der Waals surface area contributed by atoms with Crippen LogP contribution in [0.3, 0.4) is 0 Å². The van der Waals surface area contributed by atoms with Gasteiger partial charge in [0.25, 0.3) is 5.91 Å². The Morgan fingerprint density at radius 3 is 2.46 bits per heavy atom. The van der Waals surface area contributed by atoms with Gasteiger partial charge < -0.3 is 10.1 Å². The number of hydrogen-bond donors (Lipinski definition) is 1. The number of carbonyl (C=O) groups excluding carboxylic acids is 2. The fourth-order valence-electron chi connectivity index (χ4n) is 3.51. The number of thiophene rings is 1. The number of hydrogen-bond acceptors (Lipinski definition) is 5. The minimum absolute atomic E-state index is 0. The van der Waals surface area contributed by atoms with E-state index in [0.717, 1.165) is 47.6 Å². The van der Waals surface area contributed by atoms with Crippen molar-refractivity contribution in [3.05, 3.63) is 50.9 Å². The van der Waals surface area contributed by atoms with Crippen LogP contribution in [0.25, 0.3) is 0 Å². The molecule has 152 valence electrons. The molecule has 0 bridgehead atoms. The quantitative estimate of drug-likeness (QED) is 0.715. The van der Waals surface area contributed by atoms with Crippen molar-refractivity contribution in [3.8, 4) is 0 Å². The maximum absolute atomic E-state index is 12.8. The standard InChI is InChI=1S/C21H26N2O3S.ClH/c1-5-23-8-7-16-17(12-23)27-20(18(16)21(25)26-6-2)22-19(24)15-10-13(3)9-14(4)11-15;/h9-11H,5-8,12H2,1-4H3,(H,22,24);1H. The Bertz CT molecular complexity index is 859. The molecule has 0 spiro atoms. The minimum atomic E-state index is -0.351. The summed E-state index contributed by atoms with van der Waals surface area (Å²) in [7, 11) is 0. The molecule has 0 unspecified atom stereocenters. The molecule has 0 radical (unpaired) electrons. The van der Waals surface area contributed by atoms with E-state index < -0.39 is 0 Å². The van der Waals surface area contributed by atoms with Crippen molar-refractivity contribution in [2.75, 3.05) is 25.0 Å². The molecule has 1 aliphatic heterocycles. The highest BCUT2D eigenvalue weighted by Gasteiger charge is 2.29. The lowest BCUT2D eigenvalue weighted by atomic mass is 10.0. The summed E-state index contributed by atoms with van der Waals surface area (Å²) >= 11 is 1.49. The molecule has 1 N–H and O–H groups in total. The van der Waals surface area contributed by atoms with Gasteiger partial charge in [0.15, 0.2) is 0 Å². The number of halogens is 1. The van der Waals surface area contributed by atoms with Crippen molar-refractivity contribution in [2.24, 2.45) is 0 Å². The molecule has 1 aromatic heterocycles. The van der Waals surface area contributed by atoms with Crippen LogP contribution < -0.4 is 5.32 Å². The number of amides is 1. The number of anilines is 1. The van der Waals surface area contributed by atoms with Gasteiger partial charge in [-0.25, -0.2) is 4.79 Å². The van der Waals surface area contributed by atoms with E-state index >= 15 is 0 Å². The number of likely N-dealkylation sites (N-methyl/N-ethyl adjacent to an activating group) is 1. The van der Waals surface area contributed by atoms with E-state index in [2.05, 4.69) is 17.1 Å². The number of ether oxygens (including phenoxy) is 1. The molecule has 0 saturated heterocycles. The Hall–Kier alpha value is -1.89. The maximum atomic E-state index is 12.8. The lowest BCUT2D eigenvalue weighted by Crippen LogP contribution is -2.30. The number of benzene rings is 1. The lowest BCUT2D eigenvalue weighted by Gasteiger charge is -2.25. The van der Waals surface area contributed by atoms with E-state index in [0.29, 0.717) is 22.7 Å². The van der Waals surface area contributed by atoms with Gasteiger partial charge in [0, 0.05) is 23.5 Å². The van der Waals surface area contributed by atoms with Gasteiger partial charge in [-0.05, 0) is 51.4 Å². The average molecular weight is 423 g/mol. The van der Waals surface area contributed by atoms with Gasteiger partial charge in [-0.15, -0.1) is 23.7 Å². The van der Waals surface area contributed by atoms with Crippen LogP contribution in [-0.2, 0) is 17.7 Å². The average Bonchev–Trinajstić information content (AvgIpc) is 2.97. The maximum Gasteiger partial charge on any atom is 0.341 e. The van der Waals surface area contributed by atoms with E-state index in [1.807, 2.05) is 32.0 Å². The third-order valence-corrected chi connectivity index (χ3v) is 5.91. The van der Waals surface area contributed by atoms with Crippen molar-refractivity contribution in [2.45, 2.75) is 40.7 Å². The van der Waals surface area contributed by atoms with E-state index in [9.17, 15) is 9.59 Å². The normalized spacial score (nSPS) is 13.4. The highest BCUT2D eigenvalue weighted by atomic mass is 35.5. The largest absolute Gasteiger partial charge is 0.462 e. The Balaban J connectivity index is 0.00000280. The second-order valence-electron chi connectivity index (χ2n) is 6.88. The highest BCUT2D eigenvalue weighted by Crippen LogP contribution is 2.38. The Labute approximate surface area is 176 Å². The zero-order chi connectivity index (χ0) is 19.6. The summed E-state index contributed by atoms with van der Waals surface area (Å²) in [6.07, 6.45) is 0.799. The number of esters is 1. The molecule has 0 atom stereocenters. The summed E-state index contributed by atoms with van der Waals surface area (Å²) in [6, 6.07) is 5.75. The molecule has 28 heavy (non-hydrogen) atoms. The summed E-state index contributed by atoms with van der Waals surface area (Å²) in [4.78, 5) is 28.9. The number of nitrogens with zero attached hydrogens (tertiary/aromatic N) is 1. The fraction of sp³-hybridized carbons (Fsp3) is 0.429. The van der Waals surface area contributed by atoms with Crippen LogP contribution in [-0.4, -0.2) is 36.5 Å². The van der Waals surface area contributed by atoms with Crippen molar-refractivity contribution in [1.82, 2.24) is 4.90 Å². The van der Waals surface area contributed by atoms with Gasteiger partial charge in [0.1, 0.15) is 5.00 Å². The molecule has 0 aliphatic carbocycles. The predicted octanol–water partition coefficient (Wildman–Crippen LogP) is 4.59. The smallest absolute Gasteiger partial charge is 0.341 e. The van der Waals surface area contributed by atoms with Crippen molar-refractivity contribution in [3.63, 3.8) is 0 Å². The summed E-state index contributed by atoms with van der Waals surface area (Å²) in [5, 5.41) is 3.57. The van der Waals surface area contributed by atoms with Gasteiger partial charge in [0.2, 0.25) is 0 Å². The third-order valence-electron chi connectivity index (χ3n) is 4.77. The van der Waals surface area contributed by atoms with Gasteiger partial charge in [-0.3, -0.25) is 9.69 Å². The minimum Gasteiger partial charge on any atom is -0.462 e. The highest BCUT2D eigenvalue weighted by molar-refractivity contribution is 7.17. The van der Waals surface area contributed by atoms with Crippen LogP contribution in [0.15, 0.2) is 18.2 Å². The molecule has 0 saturated carbocycles. The molecule has 2 aromatic rings. The van der Waals surface area contributed by atoms with Crippen LogP contribution in [0, 0.1) is 13.8 Å². The second kappa shape index (κ2) is 9.54. The first kappa shape index (κ1) is 22.4. The van der Waals surface area contributed by atoms with Gasteiger partial charge in [0.05, 0.1) is 12.2 Å². The Morgan fingerprint density at radius 2 is 1.86 bits per heavy atom. The van der Waals surface area contributed by atoms with Crippen molar-refractivity contribution >= 4 is 40.6 Å². The molecular weight excluding hydrogens is 396 g/mol. The van der Waals surface area contributed by atoms with Crippen LogP contribution >= 0.6 is 23.7 Å². The molecule has 2 heterocycles. The summed E-state index contributed by atoms with van der Waals surface area (Å²) in [5.41, 5.74) is 4.23. The number of rotatable bonds is 5. The molecule has 1 aliphatic rings. The SMILES string of the molecule is CCOC(=O)c1c(NC(=O)c2cc(C)cc(C)c2)sc2c1CCN(CC)C2.Cl. The zero-order valence-electron chi connectivity index (χ0n) is 16.8. The number of fused-ring (bicyclic) bond motifs is 1. The lowest BCUT2D eigenvalue weighted by molar-refractivity contribution is 0.0526. The van der Waals surface area contributed by atoms with Gasteiger partial charge in [-0.2, -0.15) is 0 Å². The van der Waals surface area contributed by atoms with Crippen LogP contribution in [0.4, 0.5) is 5.00 Å². The zero-order valence-corrected chi connectivity index (χ0v) is 18.4. The number of carbonyl (C=O) groups is 2. The van der Waals surface area contributed by atoms with E-state index in [1.165, 1.54) is 11.3 Å². The molecular formula is C21H27ClN2O3S. The van der Waals surface area contributed by atoms with Gasteiger partial charge in [-0.1, -0.05) is 24.1 Å². The predicted molar refractivity (Wildman–Crippen MR) is 116 cm³/mol. The van der Waals surface area contributed by atoms with E-state index in [1.54, 1.807) is 6.92 Å². The Morgan fingerprint density at radius 1 is 1.18 bits per heavy atom. The molecule has 7 heteroatoms. The van der Waals surface area contributed by atoms with Crippen molar-refractivity contribution in [1.29, 1.82) is 0 Å². The summed E-state index contributed by atoms with van der Waals surface area (Å²) < 4.78 is 5.27. The third kappa shape index (κ3) is 4.74. The molecule has 5 nitrogen and oxygen atoms in total. The second-order valence-corrected chi connectivity index (χ2v) is 7.98. The first-order valence-electron chi connectivity index (χ1n) is 9.36. The van der Waals surface area contributed by atoms with E-state index in [4.69, 9.17) is 4.74 Å². The fourth-order valence-corrected chi connectivity index (χ4v) is 4.79. The topological polar surface area (TPSA) is 58.6 Å². The van der Waals surface area contributed by atoms with Crippen LogP contribution in [0.5, 0.6) is 0 Å². The van der Waals surface area contributed by atoms with E-state index in [-0.39, 0.29) is 24.3 Å². The van der Waals surface area contributed by atoms with Crippen molar-refractivity contribution < 1.29 is 14.3 Å². The number of nitrogens with one attached hydrogen (secondary N) is 1.